The van der Waals surface area contributed by atoms with Crippen molar-refractivity contribution in [1.29, 1.82) is 0 Å². The lowest BCUT2D eigenvalue weighted by atomic mass is 9.55. The van der Waals surface area contributed by atoms with Crippen molar-refractivity contribution in [2.75, 3.05) is 0 Å². The van der Waals surface area contributed by atoms with Crippen LogP contribution in [0.3, 0.4) is 0 Å². The molecular formula is C39H31N3O. The fourth-order valence-electron chi connectivity index (χ4n) is 6.60. The number of fused-ring (bicyclic) bond motifs is 6. The molecule has 43 heavy (non-hydrogen) atoms. The van der Waals surface area contributed by atoms with E-state index in [-0.39, 0.29) is 10.8 Å². The first-order chi connectivity index (χ1) is 20.8. The van der Waals surface area contributed by atoms with Crippen molar-refractivity contribution < 1.29 is 4.42 Å². The predicted molar refractivity (Wildman–Crippen MR) is 175 cm³/mol. The lowest BCUT2D eigenvalue weighted by Crippen LogP contribution is -2.43. The van der Waals surface area contributed by atoms with Crippen LogP contribution in [0.5, 0.6) is 0 Å². The highest BCUT2D eigenvalue weighted by atomic mass is 16.3. The summed E-state index contributed by atoms with van der Waals surface area (Å²) < 4.78 is 6.20. The van der Waals surface area contributed by atoms with Gasteiger partial charge in [-0.05, 0) is 57.3 Å². The van der Waals surface area contributed by atoms with Gasteiger partial charge in [-0.1, -0.05) is 119 Å². The average Bonchev–Trinajstić information content (AvgIpc) is 3.42. The van der Waals surface area contributed by atoms with Gasteiger partial charge in [0.05, 0.1) is 0 Å². The van der Waals surface area contributed by atoms with Crippen LogP contribution in [0.4, 0.5) is 0 Å². The summed E-state index contributed by atoms with van der Waals surface area (Å²) in [5.41, 5.74) is 9.63. The first kappa shape index (κ1) is 25.6. The van der Waals surface area contributed by atoms with Gasteiger partial charge < -0.3 is 4.42 Å². The van der Waals surface area contributed by atoms with Crippen LogP contribution in [0.25, 0.3) is 67.2 Å². The number of aromatic nitrogens is 3. The van der Waals surface area contributed by atoms with Gasteiger partial charge in [-0.3, -0.25) is 0 Å². The number of nitrogens with zero attached hydrogens (tertiary/aromatic N) is 3. The Morgan fingerprint density at radius 2 is 1.00 bits per heavy atom. The second kappa shape index (κ2) is 9.20. The molecule has 0 radical (unpaired) electrons. The lowest BCUT2D eigenvalue weighted by Gasteiger charge is -2.48. The summed E-state index contributed by atoms with van der Waals surface area (Å²) in [6, 6.07) is 39.9. The van der Waals surface area contributed by atoms with E-state index in [1.54, 1.807) is 0 Å². The monoisotopic (exact) mass is 557 g/mol. The Kier molecular flexibility index (Phi) is 5.48. The number of para-hydroxylation sites is 1. The second-order valence-corrected chi connectivity index (χ2v) is 12.5. The van der Waals surface area contributed by atoms with Gasteiger partial charge in [0.2, 0.25) is 0 Å². The van der Waals surface area contributed by atoms with Gasteiger partial charge in [-0.2, -0.15) is 0 Å². The normalized spacial score (nSPS) is 14.9. The minimum Gasteiger partial charge on any atom is -0.456 e. The van der Waals surface area contributed by atoms with E-state index >= 15 is 0 Å². The van der Waals surface area contributed by atoms with Crippen molar-refractivity contribution in [2.24, 2.45) is 0 Å². The fraction of sp³-hybridized carbons (Fsp3) is 0.154. The fourth-order valence-corrected chi connectivity index (χ4v) is 6.60. The molecule has 7 aromatic rings. The SMILES string of the molecule is CC1(C)c2ccccc2-c2cc(-c3nc(-c4ccccc4)nc(-c4ccc5c(c4)oc4ccccc45)n3)ccc2C1(C)C. The molecule has 0 fully saturated rings. The van der Waals surface area contributed by atoms with Crippen molar-refractivity contribution in [1.82, 2.24) is 15.0 Å². The summed E-state index contributed by atoms with van der Waals surface area (Å²) in [4.78, 5) is 15.0. The summed E-state index contributed by atoms with van der Waals surface area (Å²) in [6.07, 6.45) is 0. The molecule has 2 aromatic heterocycles. The Bertz CT molecular complexity index is 2190. The number of hydrogen-bond donors (Lipinski definition) is 0. The number of hydrogen-bond acceptors (Lipinski definition) is 4. The van der Waals surface area contributed by atoms with E-state index in [0.29, 0.717) is 17.5 Å². The van der Waals surface area contributed by atoms with E-state index in [2.05, 4.69) is 88.4 Å². The maximum Gasteiger partial charge on any atom is 0.164 e. The molecule has 2 heterocycles. The quantitative estimate of drug-likeness (QED) is 0.217. The molecule has 0 N–H and O–H groups in total. The molecule has 5 aromatic carbocycles. The van der Waals surface area contributed by atoms with Gasteiger partial charge in [-0.25, -0.2) is 15.0 Å². The smallest absolute Gasteiger partial charge is 0.164 e. The molecule has 4 nitrogen and oxygen atoms in total. The van der Waals surface area contributed by atoms with Gasteiger partial charge >= 0.3 is 0 Å². The van der Waals surface area contributed by atoms with Crippen LogP contribution in [0.15, 0.2) is 120 Å². The summed E-state index contributed by atoms with van der Waals surface area (Å²) in [7, 11) is 0. The molecule has 1 aliphatic rings. The molecule has 0 amide bonds. The Balaban J connectivity index is 1.33. The Morgan fingerprint density at radius 3 is 1.77 bits per heavy atom. The van der Waals surface area contributed by atoms with Crippen LogP contribution in [-0.2, 0) is 10.8 Å². The zero-order valence-electron chi connectivity index (χ0n) is 24.7. The van der Waals surface area contributed by atoms with E-state index in [9.17, 15) is 0 Å². The lowest BCUT2D eigenvalue weighted by molar-refractivity contribution is 0.299. The maximum atomic E-state index is 6.20. The van der Waals surface area contributed by atoms with E-state index in [4.69, 9.17) is 19.4 Å². The maximum absolute atomic E-state index is 6.20. The molecule has 0 saturated heterocycles. The molecule has 1 aliphatic carbocycles. The number of benzene rings is 5. The molecule has 0 bridgehead atoms. The van der Waals surface area contributed by atoms with Gasteiger partial charge in [0.15, 0.2) is 17.5 Å². The molecule has 0 saturated carbocycles. The first-order valence-electron chi connectivity index (χ1n) is 14.8. The summed E-state index contributed by atoms with van der Waals surface area (Å²) in [6.45, 7) is 9.41. The average molecular weight is 558 g/mol. The van der Waals surface area contributed by atoms with Crippen molar-refractivity contribution in [2.45, 2.75) is 38.5 Å². The Hall–Kier alpha value is -5.09. The summed E-state index contributed by atoms with van der Waals surface area (Å²) in [5.74, 6) is 1.91. The van der Waals surface area contributed by atoms with Crippen LogP contribution in [-0.4, -0.2) is 15.0 Å². The number of rotatable bonds is 3. The molecule has 0 spiro atoms. The Labute approximate surface area is 251 Å². The zero-order chi connectivity index (χ0) is 29.3. The highest BCUT2D eigenvalue weighted by molar-refractivity contribution is 6.05. The molecule has 0 unspecified atom stereocenters. The third-order valence-corrected chi connectivity index (χ3v) is 9.71. The largest absolute Gasteiger partial charge is 0.456 e. The topological polar surface area (TPSA) is 51.8 Å². The standard InChI is InChI=1S/C39H31N3O/c1-38(2)31-16-10-8-14-27(31)30-22-25(19-21-32(30)39(38,3)4)36-40-35(24-12-6-5-7-13-24)41-37(42-36)26-18-20-29-28-15-9-11-17-33(28)43-34(29)23-26/h5-23H,1-4H3. The summed E-state index contributed by atoms with van der Waals surface area (Å²) >= 11 is 0. The highest BCUT2D eigenvalue weighted by Crippen LogP contribution is 2.54. The van der Waals surface area contributed by atoms with Gasteiger partial charge in [0, 0.05) is 27.5 Å². The third-order valence-electron chi connectivity index (χ3n) is 9.71. The number of furan rings is 1. The third kappa shape index (κ3) is 3.86. The first-order valence-corrected chi connectivity index (χ1v) is 14.8. The molecular weight excluding hydrogens is 526 g/mol. The van der Waals surface area contributed by atoms with Crippen molar-refractivity contribution in [3.63, 3.8) is 0 Å². The van der Waals surface area contributed by atoms with Crippen LogP contribution in [0.2, 0.25) is 0 Å². The van der Waals surface area contributed by atoms with E-state index in [1.165, 1.54) is 22.3 Å². The molecule has 4 heteroatoms. The minimum absolute atomic E-state index is 0.0196. The molecule has 208 valence electrons. The van der Waals surface area contributed by atoms with Crippen LogP contribution in [0.1, 0.15) is 38.8 Å². The Morgan fingerprint density at radius 1 is 0.442 bits per heavy atom. The van der Waals surface area contributed by atoms with Crippen molar-refractivity contribution in [3.8, 4) is 45.3 Å². The predicted octanol–water partition coefficient (Wildman–Crippen LogP) is 10.0. The van der Waals surface area contributed by atoms with E-state index in [1.807, 2.05) is 54.6 Å². The molecule has 8 rings (SSSR count). The molecule has 0 atom stereocenters. The van der Waals surface area contributed by atoms with E-state index < -0.39 is 0 Å². The van der Waals surface area contributed by atoms with Gasteiger partial charge in [0.25, 0.3) is 0 Å². The minimum atomic E-state index is -0.0589. The molecule has 0 aliphatic heterocycles. The summed E-state index contributed by atoms with van der Waals surface area (Å²) in [5, 5.41) is 2.18. The van der Waals surface area contributed by atoms with Crippen LogP contribution < -0.4 is 0 Å². The van der Waals surface area contributed by atoms with E-state index in [0.717, 1.165) is 38.6 Å². The van der Waals surface area contributed by atoms with Crippen LogP contribution >= 0.6 is 0 Å². The van der Waals surface area contributed by atoms with Crippen molar-refractivity contribution >= 4 is 21.9 Å². The highest BCUT2D eigenvalue weighted by Gasteiger charge is 2.45. The van der Waals surface area contributed by atoms with Crippen molar-refractivity contribution in [3.05, 3.63) is 126 Å². The van der Waals surface area contributed by atoms with Gasteiger partial charge in [0.1, 0.15) is 11.2 Å². The second-order valence-electron chi connectivity index (χ2n) is 12.5. The zero-order valence-corrected chi connectivity index (χ0v) is 24.7. The van der Waals surface area contributed by atoms with Crippen LogP contribution in [0, 0.1) is 0 Å². The van der Waals surface area contributed by atoms with Gasteiger partial charge in [-0.15, -0.1) is 0 Å².